The van der Waals surface area contributed by atoms with Gasteiger partial charge in [-0.05, 0) is 49.1 Å². The third-order valence-electron chi connectivity index (χ3n) is 6.16. The summed E-state index contributed by atoms with van der Waals surface area (Å²) in [6, 6.07) is 29.9. The Balaban J connectivity index is 1.54. The van der Waals surface area contributed by atoms with E-state index in [9.17, 15) is 4.79 Å². The Kier molecular flexibility index (Phi) is 5.51. The minimum atomic E-state index is -0.840. The molecule has 3 aromatic carbocycles. The van der Waals surface area contributed by atoms with Gasteiger partial charge in [-0.3, -0.25) is 4.79 Å². The highest BCUT2D eigenvalue weighted by molar-refractivity contribution is 5.94. The summed E-state index contributed by atoms with van der Waals surface area (Å²) in [6.07, 6.45) is 4.06. The van der Waals surface area contributed by atoms with Crippen LogP contribution in [0.4, 0.5) is 0 Å². The van der Waals surface area contributed by atoms with Crippen LogP contribution in [-0.2, 0) is 23.2 Å². The van der Waals surface area contributed by atoms with E-state index in [4.69, 9.17) is 9.15 Å². The first-order valence-corrected chi connectivity index (χ1v) is 11.0. The van der Waals surface area contributed by atoms with E-state index in [1.54, 1.807) is 6.26 Å². The summed E-state index contributed by atoms with van der Waals surface area (Å²) in [5.74, 6) is 2.16. The lowest BCUT2D eigenvalue weighted by Gasteiger charge is -2.39. The van der Waals surface area contributed by atoms with E-state index in [-0.39, 0.29) is 5.91 Å². The molecule has 1 N–H and O–H groups in total. The molecule has 0 aliphatic carbocycles. The minimum Gasteiger partial charge on any atom is -0.467 e. The van der Waals surface area contributed by atoms with Crippen LogP contribution in [-0.4, -0.2) is 5.91 Å². The Morgan fingerprint density at radius 3 is 2.09 bits per heavy atom. The molecular weight excluding hydrogens is 398 g/mol. The number of aryl methyl sites for hydroxylation is 1. The number of nitrogens with one attached hydrogen (secondary N) is 1. The maximum atomic E-state index is 14.0. The van der Waals surface area contributed by atoms with E-state index >= 15 is 0 Å². The molecule has 5 rings (SSSR count). The van der Waals surface area contributed by atoms with E-state index in [2.05, 4.69) is 29.6 Å². The topological polar surface area (TPSA) is 51.5 Å². The number of para-hydroxylation sites is 2. The molecule has 4 aromatic rings. The fourth-order valence-corrected chi connectivity index (χ4v) is 4.64. The molecule has 0 spiro atoms. The molecule has 1 aromatic heterocycles. The zero-order chi connectivity index (χ0) is 21.8. The Labute approximate surface area is 187 Å². The van der Waals surface area contributed by atoms with Crippen molar-refractivity contribution >= 4 is 5.91 Å². The zero-order valence-corrected chi connectivity index (χ0v) is 17.8. The van der Waals surface area contributed by atoms with Gasteiger partial charge in [0.2, 0.25) is 5.91 Å². The molecule has 0 fully saturated rings. The standard InChI is InChI=1S/C28H25NO3/c30-27(29-20-22-13-9-19-31-22)28(18-8-12-21-10-2-1-3-11-21)23-14-4-6-16-25(23)32-26-17-7-5-15-24(26)28/h1-7,9-11,13-17,19H,8,12,18,20H2,(H,29,30). The monoisotopic (exact) mass is 423 g/mol. The van der Waals surface area contributed by atoms with Crippen molar-refractivity contribution in [3.8, 4) is 11.5 Å². The van der Waals surface area contributed by atoms with Crippen molar-refractivity contribution in [2.45, 2.75) is 31.2 Å². The van der Waals surface area contributed by atoms with Gasteiger partial charge < -0.3 is 14.5 Å². The summed E-state index contributed by atoms with van der Waals surface area (Å²) < 4.78 is 11.6. The van der Waals surface area contributed by atoms with Crippen molar-refractivity contribution in [2.75, 3.05) is 0 Å². The normalized spacial score (nSPS) is 13.5. The van der Waals surface area contributed by atoms with Gasteiger partial charge in [0.1, 0.15) is 22.7 Å². The molecule has 0 saturated carbocycles. The van der Waals surface area contributed by atoms with Crippen molar-refractivity contribution in [2.24, 2.45) is 0 Å². The Morgan fingerprint density at radius 1 is 0.781 bits per heavy atom. The second-order valence-corrected chi connectivity index (χ2v) is 8.10. The van der Waals surface area contributed by atoms with Crippen LogP contribution in [0.2, 0.25) is 0 Å². The molecule has 1 aliphatic rings. The Hall–Kier alpha value is -3.79. The number of ether oxygens (including phenoxy) is 1. The summed E-state index contributed by atoms with van der Waals surface area (Å²) in [7, 11) is 0. The van der Waals surface area contributed by atoms with Crippen molar-refractivity contribution in [3.63, 3.8) is 0 Å². The van der Waals surface area contributed by atoms with Gasteiger partial charge in [0, 0.05) is 11.1 Å². The van der Waals surface area contributed by atoms with Gasteiger partial charge in [0.15, 0.2) is 0 Å². The molecule has 0 unspecified atom stereocenters. The van der Waals surface area contributed by atoms with Gasteiger partial charge in [-0.1, -0.05) is 66.7 Å². The first-order valence-electron chi connectivity index (χ1n) is 11.0. The largest absolute Gasteiger partial charge is 0.467 e. The molecule has 1 amide bonds. The lowest BCUT2D eigenvalue weighted by atomic mass is 9.68. The Morgan fingerprint density at radius 2 is 1.44 bits per heavy atom. The number of carbonyl (C=O) groups excluding carboxylic acids is 1. The first-order chi connectivity index (χ1) is 15.8. The number of benzene rings is 3. The van der Waals surface area contributed by atoms with E-state index in [0.717, 1.165) is 41.2 Å². The van der Waals surface area contributed by atoms with Gasteiger partial charge in [-0.25, -0.2) is 0 Å². The molecule has 32 heavy (non-hydrogen) atoms. The predicted octanol–water partition coefficient (Wildman–Crippen LogP) is 6.01. The third-order valence-corrected chi connectivity index (χ3v) is 6.16. The second-order valence-electron chi connectivity index (χ2n) is 8.10. The highest BCUT2D eigenvalue weighted by Crippen LogP contribution is 2.50. The molecule has 0 saturated heterocycles. The second kappa shape index (κ2) is 8.75. The van der Waals surface area contributed by atoms with Crippen molar-refractivity contribution in [1.29, 1.82) is 0 Å². The minimum absolute atomic E-state index is 0.0369. The molecule has 0 bridgehead atoms. The van der Waals surface area contributed by atoms with Crippen LogP contribution in [0.5, 0.6) is 11.5 Å². The summed E-state index contributed by atoms with van der Waals surface area (Å²) in [4.78, 5) is 14.0. The Bertz CT molecular complexity index is 1150. The van der Waals surface area contributed by atoms with Crippen LogP contribution in [0, 0.1) is 0 Å². The first kappa shape index (κ1) is 20.1. The lowest BCUT2D eigenvalue weighted by molar-refractivity contribution is -0.126. The average Bonchev–Trinajstić information content (AvgIpc) is 3.36. The predicted molar refractivity (Wildman–Crippen MR) is 124 cm³/mol. The third kappa shape index (κ3) is 3.69. The molecule has 4 nitrogen and oxygen atoms in total. The summed E-state index contributed by atoms with van der Waals surface area (Å²) in [6.45, 7) is 0.345. The number of carbonyl (C=O) groups is 1. The van der Waals surface area contributed by atoms with Gasteiger partial charge >= 0.3 is 0 Å². The molecule has 1 aliphatic heterocycles. The number of amides is 1. The fraction of sp³-hybridized carbons (Fsp3) is 0.179. The van der Waals surface area contributed by atoms with E-state index in [1.807, 2.05) is 66.7 Å². The van der Waals surface area contributed by atoms with Crippen LogP contribution in [0.1, 0.15) is 35.3 Å². The quantitative estimate of drug-likeness (QED) is 0.396. The molecule has 2 heterocycles. The van der Waals surface area contributed by atoms with Gasteiger partial charge in [0.05, 0.1) is 12.8 Å². The smallest absolute Gasteiger partial charge is 0.235 e. The van der Waals surface area contributed by atoms with Gasteiger partial charge in [-0.2, -0.15) is 0 Å². The van der Waals surface area contributed by atoms with Crippen LogP contribution in [0.3, 0.4) is 0 Å². The SMILES string of the molecule is O=C(NCc1ccco1)C1(CCCc2ccccc2)c2ccccc2Oc2ccccc21. The van der Waals surface area contributed by atoms with E-state index in [0.29, 0.717) is 13.0 Å². The zero-order valence-electron chi connectivity index (χ0n) is 17.8. The fourth-order valence-electron chi connectivity index (χ4n) is 4.64. The van der Waals surface area contributed by atoms with Crippen LogP contribution >= 0.6 is 0 Å². The molecule has 4 heteroatoms. The van der Waals surface area contributed by atoms with Crippen molar-refractivity contribution < 1.29 is 13.9 Å². The number of hydrogen-bond donors (Lipinski definition) is 1. The molecular formula is C28H25NO3. The maximum absolute atomic E-state index is 14.0. The summed E-state index contributed by atoms with van der Waals surface area (Å²) in [5, 5.41) is 3.14. The van der Waals surface area contributed by atoms with Crippen molar-refractivity contribution in [1.82, 2.24) is 5.32 Å². The lowest BCUT2D eigenvalue weighted by Crippen LogP contribution is -2.46. The van der Waals surface area contributed by atoms with Gasteiger partial charge in [0.25, 0.3) is 0 Å². The highest BCUT2D eigenvalue weighted by atomic mass is 16.5. The number of furan rings is 1. The molecule has 0 atom stereocenters. The van der Waals surface area contributed by atoms with Crippen LogP contribution in [0.25, 0.3) is 0 Å². The van der Waals surface area contributed by atoms with E-state index in [1.165, 1.54) is 5.56 Å². The van der Waals surface area contributed by atoms with Crippen LogP contribution in [0.15, 0.2) is 102 Å². The number of hydrogen-bond acceptors (Lipinski definition) is 3. The summed E-state index contributed by atoms with van der Waals surface area (Å²) >= 11 is 0. The highest BCUT2D eigenvalue weighted by Gasteiger charge is 2.47. The van der Waals surface area contributed by atoms with Gasteiger partial charge in [-0.15, -0.1) is 0 Å². The number of fused-ring (bicyclic) bond motifs is 2. The van der Waals surface area contributed by atoms with E-state index < -0.39 is 5.41 Å². The average molecular weight is 424 g/mol. The molecule has 160 valence electrons. The van der Waals surface area contributed by atoms with Crippen molar-refractivity contribution in [3.05, 3.63) is 120 Å². The molecule has 0 radical (unpaired) electrons. The summed E-state index contributed by atoms with van der Waals surface area (Å²) in [5.41, 5.74) is 2.24. The maximum Gasteiger partial charge on any atom is 0.235 e. The van der Waals surface area contributed by atoms with Crippen LogP contribution < -0.4 is 10.1 Å². The number of rotatable bonds is 7.